The number of hydrogen-bond donors (Lipinski definition) is 1. The van der Waals surface area contributed by atoms with Gasteiger partial charge in [0, 0.05) is 16.6 Å². The minimum atomic E-state index is -0.459. The second-order valence-electron chi connectivity index (χ2n) is 6.40. The number of hydrogen-bond acceptors (Lipinski definition) is 5. The number of benzene rings is 1. The van der Waals surface area contributed by atoms with Gasteiger partial charge in [-0.15, -0.1) is 11.3 Å². The molecule has 3 aliphatic rings. The van der Waals surface area contributed by atoms with Gasteiger partial charge in [-0.2, -0.15) is 0 Å². The molecule has 1 amide bonds. The Bertz CT molecular complexity index is 770. The molecule has 0 unspecified atom stereocenters. The summed E-state index contributed by atoms with van der Waals surface area (Å²) in [6.07, 6.45) is 1.70. The second-order valence-corrected chi connectivity index (χ2v) is 8.12. The number of amides is 1. The van der Waals surface area contributed by atoms with Gasteiger partial charge in [0.25, 0.3) is 0 Å². The van der Waals surface area contributed by atoms with Gasteiger partial charge in [-0.1, -0.05) is 23.2 Å². The number of thiazole rings is 1. The first-order chi connectivity index (χ1) is 12.1. The highest BCUT2D eigenvalue weighted by atomic mass is 35.5. The van der Waals surface area contributed by atoms with Crippen molar-refractivity contribution < 1.29 is 9.53 Å². The Kier molecular flexibility index (Phi) is 4.86. The van der Waals surface area contributed by atoms with E-state index in [-0.39, 0.29) is 6.10 Å². The lowest BCUT2D eigenvalue weighted by Gasteiger charge is -2.43. The van der Waals surface area contributed by atoms with Gasteiger partial charge in [-0.05, 0) is 55.6 Å². The first-order valence-corrected chi connectivity index (χ1v) is 9.82. The number of anilines is 1. The van der Waals surface area contributed by atoms with Crippen LogP contribution in [-0.4, -0.2) is 41.7 Å². The fourth-order valence-corrected chi connectivity index (χ4v) is 4.79. The van der Waals surface area contributed by atoms with Crippen molar-refractivity contribution in [2.45, 2.75) is 18.9 Å². The van der Waals surface area contributed by atoms with E-state index < -0.39 is 6.09 Å². The van der Waals surface area contributed by atoms with Crippen LogP contribution in [0.1, 0.15) is 12.8 Å². The van der Waals surface area contributed by atoms with Gasteiger partial charge in [0.2, 0.25) is 0 Å². The Balaban J connectivity index is 1.46. The van der Waals surface area contributed by atoms with Crippen molar-refractivity contribution in [2.75, 3.05) is 25.0 Å². The molecule has 1 aromatic heterocycles. The first kappa shape index (κ1) is 17.1. The van der Waals surface area contributed by atoms with Crippen molar-refractivity contribution in [1.29, 1.82) is 0 Å². The number of piperidine rings is 3. The zero-order valence-electron chi connectivity index (χ0n) is 13.4. The van der Waals surface area contributed by atoms with Gasteiger partial charge in [0.1, 0.15) is 6.10 Å². The normalized spacial score (nSPS) is 25.0. The third-order valence-corrected chi connectivity index (χ3v) is 6.08. The van der Waals surface area contributed by atoms with Gasteiger partial charge in [-0.3, -0.25) is 10.2 Å². The van der Waals surface area contributed by atoms with Crippen molar-refractivity contribution in [3.05, 3.63) is 33.8 Å². The number of ether oxygens (including phenoxy) is 1. The van der Waals surface area contributed by atoms with Crippen LogP contribution in [0.2, 0.25) is 10.0 Å². The molecular formula is C17H17Cl2N3O2S. The molecule has 132 valence electrons. The summed E-state index contributed by atoms with van der Waals surface area (Å²) in [7, 11) is 0. The minimum absolute atomic E-state index is 0.0369. The van der Waals surface area contributed by atoms with Crippen LogP contribution in [0.3, 0.4) is 0 Å². The van der Waals surface area contributed by atoms with Crippen LogP contribution in [0.4, 0.5) is 10.6 Å². The van der Waals surface area contributed by atoms with Gasteiger partial charge < -0.3 is 4.74 Å². The molecule has 3 aliphatic heterocycles. The smallest absolute Gasteiger partial charge is 0.413 e. The van der Waals surface area contributed by atoms with Crippen molar-refractivity contribution in [1.82, 2.24) is 9.88 Å². The Labute approximate surface area is 159 Å². The Hall–Kier alpha value is -1.34. The SMILES string of the molecule is O=C(Nc1ncsc1-c1cc(Cl)cc(Cl)c1)O[C@H]1CN2CCC1CC2. The van der Waals surface area contributed by atoms with Crippen LogP contribution >= 0.6 is 34.5 Å². The van der Waals surface area contributed by atoms with Gasteiger partial charge in [0.05, 0.1) is 10.4 Å². The van der Waals surface area contributed by atoms with E-state index >= 15 is 0 Å². The topological polar surface area (TPSA) is 54.5 Å². The first-order valence-electron chi connectivity index (χ1n) is 8.18. The quantitative estimate of drug-likeness (QED) is 0.810. The van der Waals surface area contributed by atoms with Crippen molar-refractivity contribution in [3.8, 4) is 10.4 Å². The molecule has 0 spiro atoms. The molecule has 2 bridgehead atoms. The number of nitrogens with zero attached hydrogens (tertiary/aromatic N) is 2. The predicted molar refractivity (Wildman–Crippen MR) is 101 cm³/mol. The highest BCUT2D eigenvalue weighted by molar-refractivity contribution is 7.13. The highest BCUT2D eigenvalue weighted by Gasteiger charge is 2.36. The number of rotatable bonds is 3. The molecular weight excluding hydrogens is 381 g/mol. The molecule has 2 aromatic rings. The van der Waals surface area contributed by atoms with E-state index in [0.717, 1.165) is 42.9 Å². The maximum atomic E-state index is 12.3. The number of aromatic nitrogens is 1. The zero-order chi connectivity index (χ0) is 17.4. The van der Waals surface area contributed by atoms with E-state index in [0.29, 0.717) is 21.8 Å². The van der Waals surface area contributed by atoms with Crippen molar-refractivity contribution in [2.24, 2.45) is 5.92 Å². The van der Waals surface area contributed by atoms with E-state index in [4.69, 9.17) is 27.9 Å². The summed E-state index contributed by atoms with van der Waals surface area (Å²) in [5.74, 6) is 0.937. The zero-order valence-corrected chi connectivity index (χ0v) is 15.7. The van der Waals surface area contributed by atoms with Crippen molar-refractivity contribution in [3.63, 3.8) is 0 Å². The predicted octanol–water partition coefficient (Wildman–Crippen LogP) is 4.76. The maximum Gasteiger partial charge on any atom is 0.413 e. The fraction of sp³-hybridized carbons (Fsp3) is 0.412. The Morgan fingerprint density at radius 1 is 1.24 bits per heavy atom. The van der Waals surface area contributed by atoms with Crippen LogP contribution in [0, 0.1) is 5.92 Å². The van der Waals surface area contributed by atoms with Crippen LogP contribution < -0.4 is 5.32 Å². The molecule has 3 fully saturated rings. The van der Waals surface area contributed by atoms with Gasteiger partial charge in [0.15, 0.2) is 5.82 Å². The lowest BCUT2D eigenvalue weighted by molar-refractivity contribution is -0.0290. The molecule has 1 N–H and O–H groups in total. The molecule has 0 radical (unpaired) electrons. The molecule has 5 nitrogen and oxygen atoms in total. The van der Waals surface area contributed by atoms with Crippen molar-refractivity contribution >= 4 is 46.4 Å². The lowest BCUT2D eigenvalue weighted by atomic mass is 9.86. The molecule has 4 heterocycles. The van der Waals surface area contributed by atoms with Crippen LogP contribution in [0.15, 0.2) is 23.7 Å². The maximum absolute atomic E-state index is 12.3. The van der Waals surface area contributed by atoms with Gasteiger partial charge in [-0.25, -0.2) is 9.78 Å². The van der Waals surface area contributed by atoms with Crippen LogP contribution in [-0.2, 0) is 4.74 Å². The number of halogens is 2. The second kappa shape index (κ2) is 7.11. The van der Waals surface area contributed by atoms with E-state index in [1.165, 1.54) is 11.3 Å². The Morgan fingerprint density at radius 2 is 1.96 bits per heavy atom. The summed E-state index contributed by atoms with van der Waals surface area (Å²) in [5.41, 5.74) is 2.49. The monoisotopic (exact) mass is 397 g/mol. The van der Waals surface area contributed by atoms with Crippen LogP contribution in [0.5, 0.6) is 0 Å². The summed E-state index contributed by atoms with van der Waals surface area (Å²) in [4.78, 5) is 19.7. The molecule has 25 heavy (non-hydrogen) atoms. The average Bonchev–Trinajstić information content (AvgIpc) is 3.03. The average molecular weight is 398 g/mol. The number of fused-ring (bicyclic) bond motifs is 3. The van der Waals surface area contributed by atoms with E-state index in [1.54, 1.807) is 23.7 Å². The Morgan fingerprint density at radius 3 is 2.60 bits per heavy atom. The molecule has 1 atom stereocenters. The van der Waals surface area contributed by atoms with E-state index in [1.807, 2.05) is 0 Å². The van der Waals surface area contributed by atoms with Gasteiger partial charge >= 0.3 is 6.09 Å². The number of carbonyl (C=O) groups excluding carboxylic acids is 1. The highest BCUT2D eigenvalue weighted by Crippen LogP contribution is 2.35. The molecule has 1 aromatic carbocycles. The lowest BCUT2D eigenvalue weighted by Crippen LogP contribution is -2.52. The molecule has 3 saturated heterocycles. The minimum Gasteiger partial charge on any atom is -0.444 e. The third-order valence-electron chi connectivity index (χ3n) is 4.77. The summed E-state index contributed by atoms with van der Waals surface area (Å²) >= 11 is 13.6. The summed E-state index contributed by atoms with van der Waals surface area (Å²) in [6.45, 7) is 3.04. The molecule has 0 aliphatic carbocycles. The van der Waals surface area contributed by atoms with Crippen LogP contribution in [0.25, 0.3) is 10.4 Å². The van der Waals surface area contributed by atoms with E-state index in [9.17, 15) is 4.79 Å². The standard InChI is InChI=1S/C17H17Cl2N3O2S/c18-12-5-11(6-13(19)7-12)15-16(20-9-25-15)21-17(23)24-14-8-22-3-1-10(14)2-4-22/h5-7,9-10,14H,1-4,8H2,(H,21,23)/t14-/m0/s1. The summed E-state index contributed by atoms with van der Waals surface area (Å²) in [6, 6.07) is 5.26. The third kappa shape index (κ3) is 3.77. The number of nitrogens with one attached hydrogen (secondary N) is 1. The van der Waals surface area contributed by atoms with E-state index in [2.05, 4.69) is 15.2 Å². The summed E-state index contributed by atoms with van der Waals surface area (Å²) in [5, 5.41) is 3.85. The fourth-order valence-electron chi connectivity index (χ4n) is 3.53. The summed E-state index contributed by atoms with van der Waals surface area (Å²) < 4.78 is 5.66. The molecule has 5 rings (SSSR count). The molecule has 8 heteroatoms. The molecule has 0 saturated carbocycles. The largest absolute Gasteiger partial charge is 0.444 e. The number of carbonyl (C=O) groups is 1.